The number of hydrogen-bond acceptors (Lipinski definition) is 2. The monoisotopic (exact) mass is 225 g/mol. The third-order valence-corrected chi connectivity index (χ3v) is 2.73. The lowest BCUT2D eigenvalue weighted by Crippen LogP contribution is -2.07. The van der Waals surface area contributed by atoms with Crippen LogP contribution in [0.25, 0.3) is 0 Å². The minimum Gasteiger partial charge on any atom is -0.302 e. The first-order chi connectivity index (χ1) is 5.77. The van der Waals surface area contributed by atoms with Crippen LogP contribution in [0.2, 0.25) is 0 Å². The zero-order valence-corrected chi connectivity index (χ0v) is 8.04. The second kappa shape index (κ2) is 2.66. The average molecular weight is 226 g/mol. The van der Waals surface area contributed by atoms with Gasteiger partial charge in [-0.25, -0.2) is 0 Å². The molecule has 1 aromatic heterocycles. The number of carbonyl (C=O) groups is 1. The Kier molecular flexibility index (Phi) is 1.76. The Morgan fingerprint density at radius 3 is 2.75 bits per heavy atom. The molecular formula is C9H8BrNO. The number of aldehydes is 1. The Morgan fingerprint density at radius 1 is 1.50 bits per heavy atom. The molecule has 0 bridgehead atoms. The van der Waals surface area contributed by atoms with E-state index in [4.69, 9.17) is 0 Å². The van der Waals surface area contributed by atoms with E-state index in [1.165, 1.54) is 0 Å². The lowest BCUT2D eigenvalue weighted by atomic mass is 10.0. The number of hydrogen-bond donors (Lipinski definition) is 0. The van der Waals surface area contributed by atoms with Crippen LogP contribution in [0.3, 0.4) is 0 Å². The van der Waals surface area contributed by atoms with E-state index in [1.807, 2.05) is 6.07 Å². The molecule has 0 unspecified atom stereocenters. The summed E-state index contributed by atoms with van der Waals surface area (Å²) < 4.78 is 0.938. The van der Waals surface area contributed by atoms with Crippen molar-refractivity contribution in [3.05, 3.63) is 28.5 Å². The van der Waals surface area contributed by atoms with Crippen molar-refractivity contribution in [1.29, 1.82) is 0 Å². The Labute approximate surface area is 79.1 Å². The van der Waals surface area contributed by atoms with Crippen LogP contribution in [0.4, 0.5) is 0 Å². The first-order valence-corrected chi connectivity index (χ1v) is 4.63. The molecular weight excluding hydrogens is 218 g/mol. The normalized spacial score (nSPS) is 18.8. The lowest BCUT2D eigenvalue weighted by molar-refractivity contribution is -0.109. The summed E-state index contributed by atoms with van der Waals surface area (Å²) in [6.45, 7) is 0. The Bertz CT molecular complexity index is 320. The number of rotatable bonds is 2. The predicted molar refractivity (Wildman–Crippen MR) is 48.9 cm³/mol. The summed E-state index contributed by atoms with van der Waals surface area (Å²) in [5.74, 6) is 0. The maximum absolute atomic E-state index is 10.8. The fraction of sp³-hybridized carbons (Fsp3) is 0.333. The second-order valence-corrected chi connectivity index (χ2v) is 4.08. The lowest BCUT2D eigenvalue weighted by Gasteiger charge is -2.05. The van der Waals surface area contributed by atoms with Gasteiger partial charge in [0.2, 0.25) is 0 Å². The molecule has 0 spiro atoms. The van der Waals surface area contributed by atoms with Gasteiger partial charge in [-0.15, -0.1) is 0 Å². The van der Waals surface area contributed by atoms with Crippen LogP contribution < -0.4 is 0 Å². The molecule has 2 rings (SSSR count). The molecule has 1 aliphatic rings. The van der Waals surface area contributed by atoms with Crippen molar-refractivity contribution in [2.24, 2.45) is 0 Å². The van der Waals surface area contributed by atoms with Crippen LogP contribution in [-0.4, -0.2) is 11.3 Å². The van der Waals surface area contributed by atoms with Crippen molar-refractivity contribution >= 4 is 22.2 Å². The van der Waals surface area contributed by atoms with Gasteiger partial charge in [-0.1, -0.05) is 0 Å². The van der Waals surface area contributed by atoms with E-state index in [0.29, 0.717) is 0 Å². The Morgan fingerprint density at radius 2 is 2.25 bits per heavy atom. The molecule has 0 aromatic carbocycles. The molecule has 3 heteroatoms. The quantitative estimate of drug-likeness (QED) is 0.722. The molecule has 1 aromatic rings. The zero-order valence-electron chi connectivity index (χ0n) is 6.46. The minimum atomic E-state index is -0.198. The van der Waals surface area contributed by atoms with Crippen molar-refractivity contribution in [2.45, 2.75) is 18.3 Å². The van der Waals surface area contributed by atoms with E-state index < -0.39 is 0 Å². The first-order valence-electron chi connectivity index (χ1n) is 3.84. The highest BCUT2D eigenvalue weighted by molar-refractivity contribution is 9.10. The third-order valence-electron chi connectivity index (χ3n) is 2.29. The van der Waals surface area contributed by atoms with Gasteiger partial charge in [0.05, 0.1) is 5.41 Å². The van der Waals surface area contributed by atoms with Crippen molar-refractivity contribution < 1.29 is 4.79 Å². The van der Waals surface area contributed by atoms with E-state index in [-0.39, 0.29) is 5.41 Å². The van der Waals surface area contributed by atoms with Gasteiger partial charge in [0.25, 0.3) is 0 Å². The third kappa shape index (κ3) is 1.18. The van der Waals surface area contributed by atoms with Crippen molar-refractivity contribution in [3.63, 3.8) is 0 Å². The maximum atomic E-state index is 10.8. The van der Waals surface area contributed by atoms with Crippen molar-refractivity contribution in [1.82, 2.24) is 4.98 Å². The summed E-state index contributed by atoms with van der Waals surface area (Å²) >= 11 is 3.33. The van der Waals surface area contributed by atoms with Crippen LogP contribution in [0.5, 0.6) is 0 Å². The number of aromatic nitrogens is 1. The van der Waals surface area contributed by atoms with Gasteiger partial charge in [0, 0.05) is 16.9 Å². The molecule has 0 aliphatic heterocycles. The highest BCUT2D eigenvalue weighted by Gasteiger charge is 2.44. The maximum Gasteiger partial charge on any atom is 0.130 e. The smallest absolute Gasteiger partial charge is 0.130 e. The number of carbonyl (C=O) groups excluding carboxylic acids is 1. The molecule has 1 aliphatic carbocycles. The topological polar surface area (TPSA) is 30.0 Å². The van der Waals surface area contributed by atoms with Crippen LogP contribution in [0, 0.1) is 0 Å². The molecule has 1 heterocycles. The van der Waals surface area contributed by atoms with Gasteiger partial charge in [-0.05, 0) is 40.4 Å². The SMILES string of the molecule is O=CC1(c2cncc(Br)c2)CC1. The van der Waals surface area contributed by atoms with E-state index in [2.05, 4.69) is 20.9 Å². The van der Waals surface area contributed by atoms with Crippen LogP contribution in [0.1, 0.15) is 18.4 Å². The number of halogens is 1. The molecule has 2 nitrogen and oxygen atoms in total. The summed E-state index contributed by atoms with van der Waals surface area (Å²) in [6.07, 6.45) is 6.47. The van der Waals surface area contributed by atoms with Gasteiger partial charge in [-0.2, -0.15) is 0 Å². The van der Waals surface area contributed by atoms with Crippen molar-refractivity contribution in [2.75, 3.05) is 0 Å². The molecule has 1 fully saturated rings. The summed E-state index contributed by atoms with van der Waals surface area (Å²) in [6, 6.07) is 1.97. The van der Waals surface area contributed by atoms with Crippen LogP contribution >= 0.6 is 15.9 Å². The summed E-state index contributed by atoms with van der Waals surface area (Å²) in [4.78, 5) is 14.8. The van der Waals surface area contributed by atoms with Gasteiger partial charge >= 0.3 is 0 Å². The highest BCUT2D eigenvalue weighted by atomic mass is 79.9. The first kappa shape index (κ1) is 7.92. The summed E-state index contributed by atoms with van der Waals surface area (Å²) in [5, 5.41) is 0. The molecule has 12 heavy (non-hydrogen) atoms. The molecule has 1 saturated carbocycles. The fourth-order valence-electron chi connectivity index (χ4n) is 1.29. The Balaban J connectivity index is 2.40. The highest BCUT2D eigenvalue weighted by Crippen LogP contribution is 2.46. The standard InChI is InChI=1S/C9H8BrNO/c10-8-3-7(4-11-5-8)9(6-12)1-2-9/h3-6H,1-2H2. The van der Waals surface area contributed by atoms with Gasteiger partial charge in [0.1, 0.15) is 6.29 Å². The molecule has 0 N–H and O–H groups in total. The van der Waals surface area contributed by atoms with Crippen molar-refractivity contribution in [3.8, 4) is 0 Å². The summed E-state index contributed by atoms with van der Waals surface area (Å²) in [5.41, 5.74) is 0.837. The number of nitrogens with zero attached hydrogens (tertiary/aromatic N) is 1. The molecule has 0 atom stereocenters. The fourth-order valence-corrected chi connectivity index (χ4v) is 1.66. The van der Waals surface area contributed by atoms with E-state index in [9.17, 15) is 4.79 Å². The zero-order chi connectivity index (χ0) is 8.60. The van der Waals surface area contributed by atoms with E-state index in [1.54, 1.807) is 12.4 Å². The summed E-state index contributed by atoms with van der Waals surface area (Å²) in [7, 11) is 0. The minimum absolute atomic E-state index is 0.198. The molecule has 0 saturated heterocycles. The van der Waals surface area contributed by atoms with E-state index >= 15 is 0 Å². The molecule has 0 amide bonds. The second-order valence-electron chi connectivity index (χ2n) is 3.17. The molecule has 0 radical (unpaired) electrons. The molecule has 62 valence electrons. The number of pyridine rings is 1. The Hall–Kier alpha value is -0.700. The van der Waals surface area contributed by atoms with Gasteiger partial charge in [-0.3, -0.25) is 4.98 Å². The van der Waals surface area contributed by atoms with Crippen LogP contribution in [0.15, 0.2) is 22.9 Å². The largest absolute Gasteiger partial charge is 0.302 e. The van der Waals surface area contributed by atoms with Crippen LogP contribution in [-0.2, 0) is 10.2 Å². The van der Waals surface area contributed by atoms with E-state index in [0.717, 1.165) is 29.2 Å². The van der Waals surface area contributed by atoms with Gasteiger partial charge in [0.15, 0.2) is 0 Å². The average Bonchev–Trinajstić information content (AvgIpc) is 2.84. The predicted octanol–water partition coefficient (Wildman–Crippen LogP) is 2.07. The van der Waals surface area contributed by atoms with Gasteiger partial charge < -0.3 is 4.79 Å².